The predicted molar refractivity (Wildman–Crippen MR) is 277 cm³/mol. The number of methoxy groups -OCH3 is 4. The smallest absolute Gasteiger partial charge is 0.418 e. The lowest BCUT2D eigenvalue weighted by atomic mass is 10.0. The molecule has 1 aliphatic rings. The van der Waals surface area contributed by atoms with Crippen LogP contribution >= 0.6 is 11.8 Å². The monoisotopic (exact) mass is 1050 g/mol. The lowest BCUT2D eigenvalue weighted by Gasteiger charge is -2.32. The fourth-order valence-electron chi connectivity index (χ4n) is 9.03. The molecule has 75 heavy (non-hydrogen) atoms. The number of rotatable bonds is 18. The number of aromatic nitrogens is 6. The van der Waals surface area contributed by atoms with Crippen molar-refractivity contribution in [1.82, 2.24) is 29.9 Å². The van der Waals surface area contributed by atoms with Gasteiger partial charge in [-0.2, -0.15) is 13.2 Å². The molecule has 0 spiro atoms. The van der Waals surface area contributed by atoms with Crippen LogP contribution in [0.4, 0.5) is 39.4 Å². The van der Waals surface area contributed by atoms with Gasteiger partial charge in [-0.25, -0.2) is 33.7 Å². The molecule has 20 heteroatoms. The van der Waals surface area contributed by atoms with E-state index in [9.17, 15) is 0 Å². The molecule has 0 amide bonds. The van der Waals surface area contributed by atoms with Gasteiger partial charge in [0.15, 0.2) is 28.4 Å². The van der Waals surface area contributed by atoms with E-state index in [1.54, 1.807) is 81.4 Å². The van der Waals surface area contributed by atoms with Gasteiger partial charge < -0.3 is 38.4 Å². The second kappa shape index (κ2) is 22.2. The van der Waals surface area contributed by atoms with Crippen LogP contribution in [0.15, 0.2) is 115 Å². The molecule has 0 unspecified atom stereocenters. The molecule has 1 atom stereocenters. The van der Waals surface area contributed by atoms with Crippen molar-refractivity contribution in [3.63, 3.8) is 0 Å². The average molecular weight is 1050 g/mol. The molecule has 4 aromatic carbocycles. The predicted octanol–water partition coefficient (Wildman–Crippen LogP) is 11.6. The Balaban J connectivity index is 1.17. The minimum absolute atomic E-state index is 0.0118. The first-order valence-electron chi connectivity index (χ1n) is 23.7. The highest BCUT2D eigenvalue weighted by molar-refractivity contribution is 7.98. The third-order valence-corrected chi connectivity index (χ3v) is 13.4. The molecule has 0 saturated carbocycles. The number of hydrogen-bond acceptors (Lipinski definition) is 15. The highest BCUT2D eigenvalue weighted by Gasteiger charge is 2.42. The Labute approximate surface area is 434 Å². The molecule has 8 aromatic rings. The molecule has 0 fully saturated rings. The first-order valence-corrected chi connectivity index (χ1v) is 24.9. The zero-order valence-corrected chi connectivity index (χ0v) is 42.9. The Morgan fingerprint density at radius 1 is 0.627 bits per heavy atom. The third-order valence-electron chi connectivity index (χ3n) is 12.9. The van der Waals surface area contributed by atoms with E-state index in [-0.39, 0.29) is 54.0 Å². The molecule has 0 saturated heterocycles. The van der Waals surface area contributed by atoms with Crippen molar-refractivity contribution in [2.24, 2.45) is 0 Å². The molecule has 1 aliphatic heterocycles. The molecule has 0 radical (unpaired) electrons. The van der Waals surface area contributed by atoms with Crippen molar-refractivity contribution in [2.45, 2.75) is 57.4 Å². The van der Waals surface area contributed by atoms with Gasteiger partial charge in [-0.3, -0.25) is 4.98 Å². The number of pyridine rings is 2. The van der Waals surface area contributed by atoms with Gasteiger partial charge in [-0.15, -0.1) is 0 Å². The van der Waals surface area contributed by atoms with Gasteiger partial charge in [0.25, 0.3) is 0 Å². The zero-order valence-electron chi connectivity index (χ0n) is 42.1. The van der Waals surface area contributed by atoms with E-state index in [1.807, 2.05) is 60.4 Å². The summed E-state index contributed by atoms with van der Waals surface area (Å²) >= 11 is 1.11. The molecule has 0 N–H and O–H groups in total. The number of nitrogens with zero attached hydrogens (tertiary/aromatic N) is 9. The number of benzene rings is 4. The van der Waals surface area contributed by atoms with Crippen LogP contribution in [-0.2, 0) is 32.4 Å². The zero-order chi connectivity index (χ0) is 53.0. The van der Waals surface area contributed by atoms with E-state index in [1.165, 1.54) is 19.1 Å². The SMILES string of the molecule is COc1ccc(CN(Cc2ccc(OC)cc2)c2nccnc2[C@@H](C)N2CCOc3nc(-c4nc(N(Cc5ccc(OC)cc5)Cc5ccc(OC)cc5)c(F)c(C)c4C(F)(F)F)c(F)c4nc(SC)nc2c34)cc1. The highest BCUT2D eigenvalue weighted by atomic mass is 32.2. The molecule has 14 nitrogen and oxygen atoms in total. The molecule has 388 valence electrons. The maximum absolute atomic E-state index is 17.8. The quantitative estimate of drug-likeness (QED) is 0.0458. The molecule has 0 aliphatic carbocycles. The maximum Gasteiger partial charge on any atom is 0.418 e. The maximum atomic E-state index is 17.8. The van der Waals surface area contributed by atoms with Gasteiger partial charge >= 0.3 is 6.18 Å². The topological polar surface area (TPSA) is 133 Å². The first-order chi connectivity index (χ1) is 36.2. The standard InChI is InChI=1S/C55H52F5N9O5S/c1-32-43(55(58,59)60)48(63-51(44(32)56)67(28-34-8-16-38(70-3)17-9-34)29-35-10-18-39(71-4)19-11-35)49-45(57)47-42-50(66-54(65-47)75-7)69(26-27-74-53(42)64-49)33(2)46-52(62-25-24-61-46)68(30-36-12-20-40(72-5)21-13-36)31-37-14-22-41(73-6)23-15-37/h8-25,33H,26-31H2,1-7H3/t33-/m1/s1. The van der Waals surface area contributed by atoms with Crippen molar-refractivity contribution in [1.29, 1.82) is 0 Å². The highest BCUT2D eigenvalue weighted by Crippen LogP contribution is 2.46. The van der Waals surface area contributed by atoms with E-state index >= 15 is 22.0 Å². The van der Waals surface area contributed by atoms with E-state index in [0.717, 1.165) is 29.8 Å². The molecular formula is C55H52F5N9O5S. The van der Waals surface area contributed by atoms with Crippen molar-refractivity contribution in [2.75, 3.05) is 62.5 Å². The Morgan fingerprint density at radius 3 is 1.55 bits per heavy atom. The molecular weight excluding hydrogens is 994 g/mol. The van der Waals surface area contributed by atoms with Crippen molar-refractivity contribution < 1.29 is 45.6 Å². The second-order valence-electron chi connectivity index (χ2n) is 17.5. The van der Waals surface area contributed by atoms with E-state index in [2.05, 4.69) is 19.9 Å². The lowest BCUT2D eigenvalue weighted by molar-refractivity contribution is -0.138. The van der Waals surface area contributed by atoms with E-state index < -0.39 is 52.2 Å². The molecule has 0 bridgehead atoms. The van der Waals surface area contributed by atoms with Crippen molar-refractivity contribution >= 4 is 40.1 Å². The fraction of sp³-hybridized carbons (Fsp3) is 0.273. The Hall–Kier alpha value is -8.00. The summed E-state index contributed by atoms with van der Waals surface area (Å²) in [5.41, 5.74) is -0.613. The summed E-state index contributed by atoms with van der Waals surface area (Å²) in [4.78, 5) is 33.6. The van der Waals surface area contributed by atoms with Crippen LogP contribution in [0.2, 0.25) is 0 Å². The summed E-state index contributed by atoms with van der Waals surface area (Å²) in [5.74, 6) is 0.150. The number of ether oxygens (including phenoxy) is 5. The summed E-state index contributed by atoms with van der Waals surface area (Å²) < 4.78 is 109. The van der Waals surface area contributed by atoms with Crippen LogP contribution in [0.25, 0.3) is 22.3 Å². The summed E-state index contributed by atoms with van der Waals surface area (Å²) in [6.45, 7) is 3.82. The second-order valence-corrected chi connectivity index (χ2v) is 18.3. The number of thioether (sulfide) groups is 1. The van der Waals surface area contributed by atoms with Gasteiger partial charge in [0.1, 0.15) is 63.4 Å². The van der Waals surface area contributed by atoms with E-state index in [4.69, 9.17) is 38.6 Å². The first kappa shape index (κ1) is 51.9. The van der Waals surface area contributed by atoms with Gasteiger partial charge in [0, 0.05) is 44.1 Å². The van der Waals surface area contributed by atoms with Crippen LogP contribution in [0.5, 0.6) is 28.9 Å². The summed E-state index contributed by atoms with van der Waals surface area (Å²) in [6, 6.07) is 28.7. The molecule has 5 heterocycles. The molecule has 4 aromatic heterocycles. The van der Waals surface area contributed by atoms with E-state index in [0.29, 0.717) is 58.7 Å². The minimum atomic E-state index is -5.21. The minimum Gasteiger partial charge on any atom is -0.497 e. The summed E-state index contributed by atoms with van der Waals surface area (Å²) in [5, 5.41) is 0.133. The largest absolute Gasteiger partial charge is 0.497 e. The number of hydrogen-bond donors (Lipinski definition) is 0. The van der Waals surface area contributed by atoms with Gasteiger partial charge in [0.2, 0.25) is 5.88 Å². The van der Waals surface area contributed by atoms with Crippen LogP contribution in [-0.4, -0.2) is 77.8 Å². The average Bonchev–Trinajstić information content (AvgIpc) is 3.62. The summed E-state index contributed by atoms with van der Waals surface area (Å²) in [6.07, 6.45) is -0.310. The lowest BCUT2D eigenvalue weighted by Crippen LogP contribution is -2.33. The Kier molecular flexibility index (Phi) is 15.4. The third kappa shape index (κ3) is 11.0. The van der Waals surface area contributed by atoms with Gasteiger partial charge in [-0.1, -0.05) is 60.3 Å². The fourth-order valence-corrected chi connectivity index (χ4v) is 9.39. The Bertz CT molecular complexity index is 3200. The number of halogens is 5. The number of anilines is 3. The summed E-state index contributed by atoms with van der Waals surface area (Å²) in [7, 11) is 6.25. The Morgan fingerprint density at radius 2 is 1.09 bits per heavy atom. The van der Waals surface area contributed by atoms with Gasteiger partial charge in [0.05, 0.1) is 46.6 Å². The van der Waals surface area contributed by atoms with Crippen LogP contribution in [0, 0.1) is 18.6 Å². The van der Waals surface area contributed by atoms with Crippen LogP contribution in [0.3, 0.4) is 0 Å². The number of alkyl halides is 3. The van der Waals surface area contributed by atoms with Crippen molar-refractivity contribution in [3.8, 4) is 40.3 Å². The van der Waals surface area contributed by atoms with Crippen LogP contribution in [0.1, 0.15) is 52.0 Å². The van der Waals surface area contributed by atoms with Crippen molar-refractivity contribution in [3.05, 3.63) is 160 Å². The molecule has 9 rings (SSSR count). The van der Waals surface area contributed by atoms with Crippen LogP contribution < -0.4 is 38.4 Å². The normalized spacial score (nSPS) is 12.7. The van der Waals surface area contributed by atoms with Gasteiger partial charge in [-0.05, 0) is 90.9 Å².